The fourth-order valence-electron chi connectivity index (χ4n) is 3.14. The fourth-order valence-corrected chi connectivity index (χ4v) is 4.58. The Kier molecular flexibility index (Phi) is 5.32. The van der Waals surface area contributed by atoms with Crippen molar-refractivity contribution in [2.45, 2.75) is 32.1 Å². The van der Waals surface area contributed by atoms with Crippen molar-refractivity contribution in [3.8, 4) is 0 Å². The van der Waals surface area contributed by atoms with Crippen molar-refractivity contribution in [3.63, 3.8) is 0 Å². The third-order valence-electron chi connectivity index (χ3n) is 4.46. The van der Waals surface area contributed by atoms with Crippen LogP contribution in [0.25, 0.3) is 0 Å². The maximum absolute atomic E-state index is 12.2. The molecule has 3 rings (SSSR count). The zero-order valence-corrected chi connectivity index (χ0v) is 14.3. The quantitative estimate of drug-likeness (QED) is 0.842. The van der Waals surface area contributed by atoms with Gasteiger partial charge in [0.1, 0.15) is 18.0 Å². The first-order chi connectivity index (χ1) is 11.1. The van der Waals surface area contributed by atoms with E-state index in [1.165, 1.54) is 19.3 Å². The molecule has 2 fully saturated rings. The molecule has 2 aliphatic heterocycles. The van der Waals surface area contributed by atoms with Gasteiger partial charge in [0, 0.05) is 38.8 Å². The standard InChI is InChI=1S/C15H25N5O2S/c21-23(22,20-9-4-5-10-20)11-6-16-14-12-15(18-13-17-14)19-7-2-1-3-8-19/h12-13H,1-11H2,(H,16,17,18). The average Bonchev–Trinajstić information content (AvgIpc) is 3.11. The molecule has 2 saturated heterocycles. The number of sulfonamides is 1. The van der Waals surface area contributed by atoms with E-state index in [1.807, 2.05) is 6.07 Å². The molecule has 1 aromatic rings. The number of hydrogen-bond donors (Lipinski definition) is 1. The van der Waals surface area contributed by atoms with E-state index in [0.717, 1.165) is 31.7 Å². The van der Waals surface area contributed by atoms with E-state index >= 15 is 0 Å². The molecule has 8 heteroatoms. The summed E-state index contributed by atoms with van der Waals surface area (Å²) in [7, 11) is -3.14. The number of hydrogen-bond acceptors (Lipinski definition) is 6. The maximum atomic E-state index is 12.2. The van der Waals surface area contributed by atoms with E-state index in [2.05, 4.69) is 20.2 Å². The monoisotopic (exact) mass is 339 g/mol. The van der Waals surface area contributed by atoms with Crippen LogP contribution in [0.1, 0.15) is 32.1 Å². The van der Waals surface area contributed by atoms with Crippen LogP contribution in [0.15, 0.2) is 12.4 Å². The van der Waals surface area contributed by atoms with Crippen molar-refractivity contribution in [1.29, 1.82) is 0 Å². The van der Waals surface area contributed by atoms with Gasteiger partial charge in [-0.2, -0.15) is 0 Å². The summed E-state index contributed by atoms with van der Waals surface area (Å²) in [5.74, 6) is 1.72. The van der Waals surface area contributed by atoms with Crippen molar-refractivity contribution in [2.24, 2.45) is 0 Å². The van der Waals surface area contributed by atoms with E-state index < -0.39 is 10.0 Å². The largest absolute Gasteiger partial charge is 0.369 e. The molecule has 0 unspecified atom stereocenters. The van der Waals surface area contributed by atoms with Crippen LogP contribution in [0.4, 0.5) is 11.6 Å². The Morgan fingerprint density at radius 2 is 1.70 bits per heavy atom. The molecule has 0 spiro atoms. The summed E-state index contributed by atoms with van der Waals surface area (Å²) in [5.41, 5.74) is 0. The SMILES string of the molecule is O=S(=O)(CCNc1cc(N2CCCCC2)ncn1)N1CCCC1. The Hall–Kier alpha value is -1.41. The number of rotatable bonds is 6. The number of piperidine rings is 1. The lowest BCUT2D eigenvalue weighted by Gasteiger charge is -2.27. The van der Waals surface area contributed by atoms with E-state index in [-0.39, 0.29) is 5.75 Å². The fraction of sp³-hybridized carbons (Fsp3) is 0.733. The average molecular weight is 339 g/mol. The molecule has 7 nitrogen and oxygen atoms in total. The van der Waals surface area contributed by atoms with Gasteiger partial charge in [0.2, 0.25) is 10.0 Å². The smallest absolute Gasteiger partial charge is 0.215 e. The topological polar surface area (TPSA) is 78.4 Å². The third kappa shape index (κ3) is 4.32. The Bertz CT molecular complexity index is 610. The minimum Gasteiger partial charge on any atom is -0.369 e. The summed E-state index contributed by atoms with van der Waals surface area (Å²) in [6.07, 6.45) is 7.15. The van der Waals surface area contributed by atoms with Crippen LogP contribution in [-0.4, -0.2) is 61.2 Å². The van der Waals surface area contributed by atoms with Crippen LogP contribution in [0.5, 0.6) is 0 Å². The molecule has 2 aliphatic rings. The molecule has 0 saturated carbocycles. The van der Waals surface area contributed by atoms with Gasteiger partial charge >= 0.3 is 0 Å². The summed E-state index contributed by atoms with van der Waals surface area (Å²) in [6.45, 7) is 3.75. The highest BCUT2D eigenvalue weighted by Gasteiger charge is 2.24. The Labute approximate surface area is 138 Å². The van der Waals surface area contributed by atoms with Gasteiger partial charge in [0.15, 0.2) is 0 Å². The van der Waals surface area contributed by atoms with Gasteiger partial charge < -0.3 is 10.2 Å². The molecule has 1 aromatic heterocycles. The second kappa shape index (κ2) is 7.44. The Morgan fingerprint density at radius 1 is 1.00 bits per heavy atom. The first kappa shape index (κ1) is 16.4. The maximum Gasteiger partial charge on any atom is 0.215 e. The predicted octanol–water partition coefficient (Wildman–Crippen LogP) is 1.30. The minimum absolute atomic E-state index is 0.107. The second-order valence-electron chi connectivity index (χ2n) is 6.16. The summed E-state index contributed by atoms with van der Waals surface area (Å²) < 4.78 is 26.0. The number of nitrogens with one attached hydrogen (secondary N) is 1. The molecule has 0 aliphatic carbocycles. The van der Waals surface area contributed by atoms with Crippen LogP contribution in [-0.2, 0) is 10.0 Å². The normalized spacial score (nSPS) is 19.9. The Balaban J connectivity index is 1.54. The molecule has 0 radical (unpaired) electrons. The molecule has 0 amide bonds. The van der Waals surface area contributed by atoms with Crippen molar-refractivity contribution in [1.82, 2.24) is 14.3 Å². The van der Waals surface area contributed by atoms with Crippen LogP contribution in [0, 0.1) is 0 Å². The van der Waals surface area contributed by atoms with Gasteiger partial charge in [0.05, 0.1) is 5.75 Å². The summed E-state index contributed by atoms with van der Waals surface area (Å²) in [6, 6.07) is 1.91. The number of anilines is 2. The molecule has 0 atom stereocenters. The lowest BCUT2D eigenvalue weighted by molar-refractivity contribution is 0.478. The second-order valence-corrected chi connectivity index (χ2v) is 8.25. The van der Waals surface area contributed by atoms with Crippen molar-refractivity contribution in [2.75, 3.05) is 48.7 Å². The molecule has 23 heavy (non-hydrogen) atoms. The van der Waals surface area contributed by atoms with Gasteiger partial charge in [-0.25, -0.2) is 22.7 Å². The van der Waals surface area contributed by atoms with Crippen molar-refractivity contribution in [3.05, 3.63) is 12.4 Å². The highest BCUT2D eigenvalue weighted by Crippen LogP contribution is 2.19. The van der Waals surface area contributed by atoms with Gasteiger partial charge in [0.25, 0.3) is 0 Å². The van der Waals surface area contributed by atoms with Gasteiger partial charge in [-0.3, -0.25) is 0 Å². The van der Waals surface area contributed by atoms with Crippen LogP contribution >= 0.6 is 0 Å². The zero-order chi connectivity index (χ0) is 16.1. The van der Waals surface area contributed by atoms with E-state index in [1.54, 1.807) is 10.6 Å². The lowest BCUT2D eigenvalue weighted by Crippen LogP contribution is -2.32. The molecule has 1 N–H and O–H groups in total. The third-order valence-corrected chi connectivity index (χ3v) is 6.33. The van der Waals surface area contributed by atoms with Crippen molar-refractivity contribution >= 4 is 21.7 Å². The number of nitrogens with zero attached hydrogens (tertiary/aromatic N) is 4. The molecule has 0 aromatic carbocycles. The van der Waals surface area contributed by atoms with Gasteiger partial charge in [-0.05, 0) is 32.1 Å². The van der Waals surface area contributed by atoms with Crippen molar-refractivity contribution < 1.29 is 8.42 Å². The summed E-state index contributed by atoms with van der Waals surface area (Å²) >= 11 is 0. The Morgan fingerprint density at radius 3 is 2.43 bits per heavy atom. The molecular weight excluding hydrogens is 314 g/mol. The zero-order valence-electron chi connectivity index (χ0n) is 13.4. The number of aromatic nitrogens is 2. The van der Waals surface area contributed by atoms with Gasteiger partial charge in [-0.1, -0.05) is 0 Å². The minimum atomic E-state index is -3.14. The molecule has 0 bridgehead atoms. The van der Waals surface area contributed by atoms with Crippen LogP contribution in [0.2, 0.25) is 0 Å². The molecule has 3 heterocycles. The van der Waals surface area contributed by atoms with Crippen LogP contribution < -0.4 is 10.2 Å². The van der Waals surface area contributed by atoms with E-state index in [0.29, 0.717) is 25.5 Å². The predicted molar refractivity (Wildman–Crippen MR) is 91.2 cm³/mol. The molecular formula is C15H25N5O2S. The lowest BCUT2D eigenvalue weighted by atomic mass is 10.1. The summed E-state index contributed by atoms with van der Waals surface area (Å²) in [4.78, 5) is 10.8. The first-order valence-electron chi connectivity index (χ1n) is 8.44. The summed E-state index contributed by atoms with van der Waals surface area (Å²) in [5, 5.41) is 3.12. The highest BCUT2D eigenvalue weighted by atomic mass is 32.2. The first-order valence-corrected chi connectivity index (χ1v) is 10.0. The van der Waals surface area contributed by atoms with E-state index in [4.69, 9.17) is 0 Å². The van der Waals surface area contributed by atoms with Crippen LogP contribution in [0.3, 0.4) is 0 Å². The van der Waals surface area contributed by atoms with Gasteiger partial charge in [-0.15, -0.1) is 0 Å². The molecule has 128 valence electrons. The highest BCUT2D eigenvalue weighted by molar-refractivity contribution is 7.89. The van der Waals surface area contributed by atoms with E-state index in [9.17, 15) is 8.42 Å².